The third-order valence-corrected chi connectivity index (χ3v) is 2.73. The van der Waals surface area contributed by atoms with Crippen molar-refractivity contribution < 1.29 is 0 Å². The van der Waals surface area contributed by atoms with E-state index < -0.39 is 6.17 Å². The maximum atomic E-state index is 12.0. The van der Waals surface area contributed by atoms with Crippen molar-refractivity contribution in [3.63, 3.8) is 0 Å². The van der Waals surface area contributed by atoms with E-state index in [0.717, 1.165) is 0 Å². The summed E-state index contributed by atoms with van der Waals surface area (Å²) in [6, 6.07) is 4.86. The van der Waals surface area contributed by atoms with Crippen LogP contribution in [0.25, 0.3) is 10.9 Å². The van der Waals surface area contributed by atoms with Crippen molar-refractivity contribution in [3.8, 4) is 0 Å². The second-order valence-electron chi connectivity index (χ2n) is 3.46. The smallest absolute Gasteiger partial charge is 0.263 e. The molecule has 0 aliphatic rings. The molecule has 0 saturated carbocycles. The molecule has 1 atom stereocenters. The molecule has 2 aromatic rings. The number of nitrogens with two attached hydrogens (primary N) is 1. The molecule has 0 spiro atoms. The molecule has 2 N–H and O–H groups in total. The first-order valence-corrected chi connectivity index (χ1v) is 5.39. The van der Waals surface area contributed by atoms with Gasteiger partial charge in [-0.3, -0.25) is 9.36 Å². The molecule has 1 aromatic heterocycles. The molecule has 1 unspecified atom stereocenters. The van der Waals surface area contributed by atoms with E-state index >= 15 is 0 Å². The number of hydrogen-bond donors (Lipinski definition) is 1. The summed E-state index contributed by atoms with van der Waals surface area (Å²) in [5.74, 6) is 0. The average Bonchev–Trinajstić information content (AvgIpc) is 2.19. The highest BCUT2D eigenvalue weighted by Gasteiger charge is 2.12. The molecule has 0 aliphatic heterocycles. The quantitative estimate of drug-likeness (QED) is 0.797. The van der Waals surface area contributed by atoms with Gasteiger partial charge in [0.2, 0.25) is 5.28 Å². The van der Waals surface area contributed by atoms with E-state index in [1.54, 1.807) is 25.1 Å². The van der Waals surface area contributed by atoms with Crippen LogP contribution in [0.5, 0.6) is 0 Å². The van der Waals surface area contributed by atoms with Gasteiger partial charge < -0.3 is 5.73 Å². The number of benzene rings is 1. The molecule has 84 valence electrons. The second kappa shape index (κ2) is 4.05. The summed E-state index contributed by atoms with van der Waals surface area (Å²) >= 11 is 11.7. The summed E-state index contributed by atoms with van der Waals surface area (Å²) in [6.07, 6.45) is -0.532. The van der Waals surface area contributed by atoms with Crippen molar-refractivity contribution in [2.24, 2.45) is 5.73 Å². The summed E-state index contributed by atoms with van der Waals surface area (Å²) in [5, 5.41) is 0.967. The first kappa shape index (κ1) is 11.4. The number of fused-ring (bicyclic) bond motifs is 1. The Hall–Kier alpha value is -1.10. The summed E-state index contributed by atoms with van der Waals surface area (Å²) in [5.41, 5.74) is 5.88. The predicted octanol–water partition coefficient (Wildman–Crippen LogP) is 2.18. The lowest BCUT2D eigenvalue weighted by atomic mass is 10.2. The van der Waals surface area contributed by atoms with Crippen LogP contribution in [0, 0.1) is 0 Å². The second-order valence-corrected chi connectivity index (χ2v) is 4.23. The molecule has 16 heavy (non-hydrogen) atoms. The molecule has 1 aromatic carbocycles. The molecular formula is C10H9Cl2N3O. The minimum Gasteiger partial charge on any atom is -0.311 e. The van der Waals surface area contributed by atoms with Crippen LogP contribution in [0.1, 0.15) is 13.1 Å². The summed E-state index contributed by atoms with van der Waals surface area (Å²) in [7, 11) is 0. The van der Waals surface area contributed by atoms with E-state index in [4.69, 9.17) is 28.9 Å². The highest BCUT2D eigenvalue weighted by atomic mass is 35.5. The van der Waals surface area contributed by atoms with E-state index in [1.807, 2.05) is 0 Å². The highest BCUT2D eigenvalue weighted by molar-refractivity contribution is 6.31. The summed E-state index contributed by atoms with van der Waals surface area (Å²) < 4.78 is 1.22. The summed E-state index contributed by atoms with van der Waals surface area (Å²) in [6.45, 7) is 1.66. The Morgan fingerprint density at radius 1 is 1.44 bits per heavy atom. The fourth-order valence-corrected chi connectivity index (χ4v) is 1.99. The molecule has 1 heterocycles. The van der Waals surface area contributed by atoms with Gasteiger partial charge in [-0.25, -0.2) is 4.98 Å². The lowest BCUT2D eigenvalue weighted by Crippen LogP contribution is -2.29. The Morgan fingerprint density at radius 3 is 2.75 bits per heavy atom. The van der Waals surface area contributed by atoms with Crippen molar-refractivity contribution in [1.29, 1.82) is 0 Å². The zero-order chi connectivity index (χ0) is 11.9. The molecule has 2 rings (SSSR count). The molecule has 0 bridgehead atoms. The minimum atomic E-state index is -0.532. The van der Waals surface area contributed by atoms with Crippen LogP contribution in [-0.4, -0.2) is 9.55 Å². The SMILES string of the molecule is CC(N)n1c(Cl)nc2ccc(Cl)cc2c1=O. The van der Waals surface area contributed by atoms with E-state index in [-0.39, 0.29) is 10.8 Å². The van der Waals surface area contributed by atoms with Crippen molar-refractivity contribution >= 4 is 34.1 Å². The van der Waals surface area contributed by atoms with Crippen molar-refractivity contribution in [2.75, 3.05) is 0 Å². The van der Waals surface area contributed by atoms with Gasteiger partial charge in [-0.1, -0.05) is 11.6 Å². The van der Waals surface area contributed by atoms with Crippen LogP contribution < -0.4 is 11.3 Å². The van der Waals surface area contributed by atoms with Crippen molar-refractivity contribution in [2.45, 2.75) is 13.1 Å². The van der Waals surface area contributed by atoms with Gasteiger partial charge in [-0.15, -0.1) is 0 Å². The Balaban J connectivity index is 2.91. The number of nitrogens with zero attached hydrogens (tertiary/aromatic N) is 2. The fraction of sp³-hybridized carbons (Fsp3) is 0.200. The zero-order valence-electron chi connectivity index (χ0n) is 8.45. The van der Waals surface area contributed by atoms with Crippen LogP contribution in [0.15, 0.2) is 23.0 Å². The van der Waals surface area contributed by atoms with Gasteiger partial charge in [0.25, 0.3) is 5.56 Å². The van der Waals surface area contributed by atoms with E-state index in [2.05, 4.69) is 4.98 Å². The van der Waals surface area contributed by atoms with Gasteiger partial charge in [-0.2, -0.15) is 0 Å². The highest BCUT2D eigenvalue weighted by Crippen LogP contribution is 2.17. The molecule has 6 heteroatoms. The number of rotatable bonds is 1. The predicted molar refractivity (Wildman–Crippen MR) is 64.9 cm³/mol. The molecule has 4 nitrogen and oxygen atoms in total. The minimum absolute atomic E-state index is 0.0785. The number of halogens is 2. The third-order valence-electron chi connectivity index (χ3n) is 2.23. The monoisotopic (exact) mass is 257 g/mol. The standard InChI is InChI=1S/C10H9Cl2N3O/c1-5(13)15-9(16)7-4-6(11)2-3-8(7)14-10(15)12/h2-5H,13H2,1H3. The Morgan fingerprint density at radius 2 is 2.12 bits per heavy atom. The van der Waals surface area contributed by atoms with Gasteiger partial charge in [0.15, 0.2) is 0 Å². The van der Waals surface area contributed by atoms with Crippen molar-refractivity contribution in [3.05, 3.63) is 38.9 Å². The Labute approximate surface area is 102 Å². The third kappa shape index (κ3) is 1.80. The normalized spacial score (nSPS) is 13.0. The van der Waals surface area contributed by atoms with E-state index in [0.29, 0.717) is 15.9 Å². The maximum absolute atomic E-state index is 12.0. The van der Waals surface area contributed by atoms with Gasteiger partial charge in [0.05, 0.1) is 17.1 Å². The molecular weight excluding hydrogens is 249 g/mol. The largest absolute Gasteiger partial charge is 0.311 e. The van der Waals surface area contributed by atoms with Gasteiger partial charge >= 0.3 is 0 Å². The van der Waals surface area contributed by atoms with E-state index in [1.165, 1.54) is 4.57 Å². The Kier molecular flexibility index (Phi) is 2.88. The van der Waals surface area contributed by atoms with E-state index in [9.17, 15) is 4.79 Å². The number of aromatic nitrogens is 2. The molecule has 0 amide bonds. The fourth-order valence-electron chi connectivity index (χ4n) is 1.50. The van der Waals surface area contributed by atoms with Gasteiger partial charge in [0.1, 0.15) is 0 Å². The maximum Gasteiger partial charge on any atom is 0.263 e. The average molecular weight is 258 g/mol. The van der Waals surface area contributed by atoms with Crippen LogP contribution in [0.3, 0.4) is 0 Å². The van der Waals surface area contributed by atoms with Crippen LogP contribution >= 0.6 is 23.2 Å². The topological polar surface area (TPSA) is 60.9 Å². The first-order chi connectivity index (χ1) is 7.50. The molecule has 0 radical (unpaired) electrons. The lowest BCUT2D eigenvalue weighted by Gasteiger charge is -2.12. The molecule has 0 aliphatic carbocycles. The lowest BCUT2D eigenvalue weighted by molar-refractivity contribution is 0.548. The van der Waals surface area contributed by atoms with Gasteiger partial charge in [-0.05, 0) is 36.7 Å². The Bertz CT molecular complexity index is 607. The number of hydrogen-bond acceptors (Lipinski definition) is 3. The van der Waals surface area contributed by atoms with Crippen LogP contribution in [0.4, 0.5) is 0 Å². The molecule has 0 fully saturated rings. The van der Waals surface area contributed by atoms with Crippen LogP contribution in [0.2, 0.25) is 10.3 Å². The molecule has 0 saturated heterocycles. The summed E-state index contributed by atoms with van der Waals surface area (Å²) in [4.78, 5) is 16.1. The zero-order valence-corrected chi connectivity index (χ0v) is 9.96. The van der Waals surface area contributed by atoms with Gasteiger partial charge in [0, 0.05) is 5.02 Å². The first-order valence-electron chi connectivity index (χ1n) is 4.63. The van der Waals surface area contributed by atoms with Crippen molar-refractivity contribution in [1.82, 2.24) is 9.55 Å². The van der Waals surface area contributed by atoms with Crippen LogP contribution in [-0.2, 0) is 0 Å².